The maximum Gasteiger partial charge on any atom is 0.266 e. The predicted molar refractivity (Wildman–Crippen MR) is 121 cm³/mol. The maximum absolute atomic E-state index is 12.9. The first kappa shape index (κ1) is 22.5. The molecule has 0 saturated heterocycles. The standard InChI is InChI=1S/C24H17ClFN3O3/c25-18-4-8-21(9-5-18)29-24(31)17(14-27)12-16-2-1-3-22(13-16)32-15-23(30)28-20-10-6-19(26)7-11-20/h1-13H,15H2,(H,28,30)(H,29,31)/b17-12-. The second-order valence-electron chi connectivity index (χ2n) is 6.55. The number of nitrogens with zero attached hydrogens (tertiary/aromatic N) is 1. The number of amides is 2. The highest BCUT2D eigenvalue weighted by molar-refractivity contribution is 6.30. The number of nitriles is 1. The molecular formula is C24H17ClFN3O3. The van der Waals surface area contributed by atoms with Crippen LogP contribution in [-0.4, -0.2) is 18.4 Å². The van der Waals surface area contributed by atoms with Gasteiger partial charge >= 0.3 is 0 Å². The summed E-state index contributed by atoms with van der Waals surface area (Å²) in [6.07, 6.45) is 1.41. The Morgan fingerprint density at radius 2 is 1.66 bits per heavy atom. The Morgan fingerprint density at radius 3 is 2.34 bits per heavy atom. The lowest BCUT2D eigenvalue weighted by atomic mass is 10.1. The van der Waals surface area contributed by atoms with E-state index >= 15 is 0 Å². The normalized spacial score (nSPS) is 10.7. The van der Waals surface area contributed by atoms with Crippen LogP contribution in [0.1, 0.15) is 5.56 Å². The molecule has 0 aliphatic carbocycles. The molecule has 0 fully saturated rings. The number of nitrogens with one attached hydrogen (secondary N) is 2. The minimum atomic E-state index is -0.570. The van der Waals surface area contributed by atoms with E-state index in [1.165, 1.54) is 30.3 Å². The van der Waals surface area contributed by atoms with Crippen molar-refractivity contribution in [3.05, 3.63) is 94.8 Å². The summed E-state index contributed by atoms with van der Waals surface area (Å²) in [5.41, 5.74) is 1.39. The summed E-state index contributed by atoms with van der Waals surface area (Å²) < 4.78 is 18.4. The molecule has 0 unspecified atom stereocenters. The van der Waals surface area contributed by atoms with Crippen LogP contribution in [0, 0.1) is 17.1 Å². The summed E-state index contributed by atoms with van der Waals surface area (Å²) in [5, 5.41) is 15.1. The number of carbonyl (C=O) groups excluding carboxylic acids is 2. The molecule has 0 spiro atoms. The Labute approximate surface area is 188 Å². The molecule has 0 aliphatic rings. The van der Waals surface area contributed by atoms with Gasteiger partial charge in [-0.3, -0.25) is 9.59 Å². The molecule has 3 aromatic carbocycles. The zero-order valence-electron chi connectivity index (χ0n) is 16.6. The summed E-state index contributed by atoms with van der Waals surface area (Å²) in [7, 11) is 0. The highest BCUT2D eigenvalue weighted by Gasteiger charge is 2.10. The molecule has 0 atom stereocenters. The smallest absolute Gasteiger partial charge is 0.266 e. The maximum atomic E-state index is 12.9. The van der Waals surface area contributed by atoms with Crippen LogP contribution in [0.25, 0.3) is 6.08 Å². The van der Waals surface area contributed by atoms with Crippen LogP contribution >= 0.6 is 11.6 Å². The Hall–Kier alpha value is -4.15. The highest BCUT2D eigenvalue weighted by Crippen LogP contribution is 2.18. The van der Waals surface area contributed by atoms with Gasteiger partial charge in [-0.2, -0.15) is 5.26 Å². The summed E-state index contributed by atoms with van der Waals surface area (Å²) in [6.45, 7) is -0.271. The monoisotopic (exact) mass is 449 g/mol. The molecule has 0 aliphatic heterocycles. The van der Waals surface area contributed by atoms with Crippen molar-refractivity contribution in [2.45, 2.75) is 0 Å². The molecule has 0 bridgehead atoms. The molecule has 0 radical (unpaired) electrons. The molecular weight excluding hydrogens is 433 g/mol. The molecule has 32 heavy (non-hydrogen) atoms. The first-order valence-electron chi connectivity index (χ1n) is 9.40. The van der Waals surface area contributed by atoms with E-state index in [9.17, 15) is 19.2 Å². The second kappa shape index (κ2) is 10.8. The number of halogens is 2. The number of anilines is 2. The third-order valence-corrected chi connectivity index (χ3v) is 4.39. The molecule has 8 heteroatoms. The average molecular weight is 450 g/mol. The van der Waals surface area contributed by atoms with Crippen molar-refractivity contribution >= 4 is 40.9 Å². The second-order valence-corrected chi connectivity index (χ2v) is 6.98. The van der Waals surface area contributed by atoms with Gasteiger partial charge in [0.15, 0.2) is 6.61 Å². The molecule has 0 aromatic heterocycles. The van der Waals surface area contributed by atoms with E-state index in [1.54, 1.807) is 48.5 Å². The van der Waals surface area contributed by atoms with Crippen molar-refractivity contribution in [3.8, 4) is 11.8 Å². The Morgan fingerprint density at radius 1 is 1.00 bits per heavy atom. The molecule has 0 heterocycles. The topological polar surface area (TPSA) is 91.2 Å². The van der Waals surface area contributed by atoms with Gasteiger partial charge in [-0.15, -0.1) is 0 Å². The lowest BCUT2D eigenvalue weighted by molar-refractivity contribution is -0.118. The van der Waals surface area contributed by atoms with Crippen molar-refractivity contribution < 1.29 is 18.7 Å². The van der Waals surface area contributed by atoms with E-state index in [0.29, 0.717) is 27.7 Å². The number of hydrogen-bond donors (Lipinski definition) is 2. The van der Waals surface area contributed by atoms with Crippen molar-refractivity contribution in [1.29, 1.82) is 5.26 Å². The number of carbonyl (C=O) groups is 2. The number of hydrogen-bond acceptors (Lipinski definition) is 4. The fourth-order valence-corrected chi connectivity index (χ4v) is 2.75. The number of benzene rings is 3. The molecule has 2 amide bonds. The van der Waals surface area contributed by atoms with Crippen molar-refractivity contribution in [2.24, 2.45) is 0 Å². The van der Waals surface area contributed by atoms with Crippen molar-refractivity contribution in [3.63, 3.8) is 0 Å². The average Bonchev–Trinajstić information content (AvgIpc) is 2.79. The van der Waals surface area contributed by atoms with Gasteiger partial charge in [0.2, 0.25) is 0 Å². The van der Waals surface area contributed by atoms with E-state index in [-0.39, 0.29) is 12.2 Å². The lowest BCUT2D eigenvalue weighted by Gasteiger charge is -2.08. The van der Waals surface area contributed by atoms with Crippen LogP contribution < -0.4 is 15.4 Å². The summed E-state index contributed by atoms with van der Waals surface area (Å²) >= 11 is 5.82. The third-order valence-electron chi connectivity index (χ3n) is 4.13. The van der Waals surface area contributed by atoms with Gasteiger partial charge in [-0.05, 0) is 72.3 Å². The summed E-state index contributed by atoms with van der Waals surface area (Å²) in [5.74, 6) is -1.01. The van der Waals surface area contributed by atoms with Gasteiger partial charge in [0.25, 0.3) is 11.8 Å². The molecule has 2 N–H and O–H groups in total. The van der Waals surface area contributed by atoms with E-state index in [1.807, 2.05) is 6.07 Å². The predicted octanol–water partition coefficient (Wildman–Crippen LogP) is 5.04. The Balaban J connectivity index is 1.62. The van der Waals surface area contributed by atoms with E-state index in [0.717, 1.165) is 0 Å². The van der Waals surface area contributed by atoms with Gasteiger partial charge < -0.3 is 15.4 Å². The van der Waals surface area contributed by atoms with Crippen molar-refractivity contribution in [2.75, 3.05) is 17.2 Å². The van der Waals surface area contributed by atoms with Crippen LogP contribution in [0.5, 0.6) is 5.75 Å². The largest absolute Gasteiger partial charge is 0.484 e. The highest BCUT2D eigenvalue weighted by atomic mass is 35.5. The van der Waals surface area contributed by atoms with Crippen LogP contribution in [0.2, 0.25) is 5.02 Å². The van der Waals surface area contributed by atoms with Gasteiger partial charge in [0.05, 0.1) is 0 Å². The van der Waals surface area contributed by atoms with E-state index in [4.69, 9.17) is 16.3 Å². The van der Waals surface area contributed by atoms with E-state index in [2.05, 4.69) is 10.6 Å². The fraction of sp³-hybridized carbons (Fsp3) is 0.0417. The lowest BCUT2D eigenvalue weighted by Crippen LogP contribution is -2.20. The molecule has 6 nitrogen and oxygen atoms in total. The molecule has 3 rings (SSSR count). The summed E-state index contributed by atoms with van der Waals surface area (Å²) in [6, 6.07) is 20.3. The van der Waals surface area contributed by atoms with Crippen LogP contribution in [-0.2, 0) is 9.59 Å². The SMILES string of the molecule is N#C/C(=C/c1cccc(OCC(=O)Nc2ccc(F)cc2)c1)C(=O)Nc1ccc(Cl)cc1. The zero-order valence-corrected chi connectivity index (χ0v) is 17.4. The quantitative estimate of drug-likeness (QED) is 0.390. The van der Waals surface area contributed by atoms with Crippen LogP contribution in [0.4, 0.5) is 15.8 Å². The first-order chi connectivity index (χ1) is 15.4. The minimum absolute atomic E-state index is 0.105. The zero-order chi connectivity index (χ0) is 22.9. The van der Waals surface area contributed by atoms with E-state index < -0.39 is 17.6 Å². The molecule has 0 saturated carbocycles. The van der Waals surface area contributed by atoms with Gasteiger partial charge in [-0.25, -0.2) is 4.39 Å². The van der Waals surface area contributed by atoms with Gasteiger partial charge in [-0.1, -0.05) is 23.7 Å². The number of rotatable bonds is 7. The minimum Gasteiger partial charge on any atom is -0.484 e. The Bertz CT molecular complexity index is 1190. The van der Waals surface area contributed by atoms with Gasteiger partial charge in [0.1, 0.15) is 23.2 Å². The Kier molecular flexibility index (Phi) is 7.57. The summed E-state index contributed by atoms with van der Waals surface area (Å²) in [4.78, 5) is 24.4. The van der Waals surface area contributed by atoms with Gasteiger partial charge in [0, 0.05) is 16.4 Å². The molecule has 3 aromatic rings. The van der Waals surface area contributed by atoms with Crippen molar-refractivity contribution in [1.82, 2.24) is 0 Å². The van der Waals surface area contributed by atoms with Crippen LogP contribution in [0.3, 0.4) is 0 Å². The fourth-order valence-electron chi connectivity index (χ4n) is 2.62. The first-order valence-corrected chi connectivity index (χ1v) is 9.78. The molecule has 160 valence electrons. The number of ether oxygens (including phenoxy) is 1. The third kappa shape index (κ3) is 6.69. The van der Waals surface area contributed by atoms with Crippen LogP contribution in [0.15, 0.2) is 78.4 Å².